The van der Waals surface area contributed by atoms with Crippen molar-refractivity contribution in [2.75, 3.05) is 0 Å². The lowest BCUT2D eigenvalue weighted by Gasteiger charge is -2.23. The third-order valence-corrected chi connectivity index (χ3v) is 3.71. The van der Waals surface area contributed by atoms with E-state index in [9.17, 15) is 4.79 Å². The number of H-pyrrole nitrogens is 1. The normalized spacial score (nSPS) is 11.5. The summed E-state index contributed by atoms with van der Waals surface area (Å²) in [5.74, 6) is -0.332. The van der Waals surface area contributed by atoms with Crippen molar-refractivity contribution in [2.24, 2.45) is 0 Å². The van der Waals surface area contributed by atoms with Crippen LogP contribution in [0.25, 0.3) is 0 Å². The summed E-state index contributed by atoms with van der Waals surface area (Å²) in [4.78, 5) is 10.8. The standard InChI is InChI=1S/C16H19ClN2O3/c1-9-5-14(11(7-12(9)17)16(2,3)4)22-8-10-6-13(15(20)21)19-18-10/h5-7H,8H2,1-4H3,(H,18,19)(H,20,21). The smallest absolute Gasteiger partial charge is 0.356 e. The van der Waals surface area contributed by atoms with Crippen molar-refractivity contribution in [3.63, 3.8) is 0 Å². The molecule has 0 atom stereocenters. The number of halogens is 1. The fourth-order valence-corrected chi connectivity index (χ4v) is 2.22. The summed E-state index contributed by atoms with van der Waals surface area (Å²) >= 11 is 6.21. The van der Waals surface area contributed by atoms with E-state index in [1.165, 1.54) is 6.07 Å². The highest BCUT2D eigenvalue weighted by Crippen LogP contribution is 2.35. The van der Waals surface area contributed by atoms with Crippen molar-refractivity contribution >= 4 is 17.6 Å². The molecule has 1 aromatic carbocycles. The lowest BCUT2D eigenvalue weighted by Crippen LogP contribution is -2.14. The van der Waals surface area contributed by atoms with Crippen LogP contribution in [0.15, 0.2) is 18.2 Å². The molecule has 1 aromatic heterocycles. The number of carbonyl (C=O) groups is 1. The highest BCUT2D eigenvalue weighted by atomic mass is 35.5. The number of benzene rings is 1. The van der Waals surface area contributed by atoms with Gasteiger partial charge in [-0.3, -0.25) is 5.10 Å². The van der Waals surface area contributed by atoms with E-state index in [1.54, 1.807) is 0 Å². The molecule has 0 bridgehead atoms. The second-order valence-electron chi connectivity index (χ2n) is 6.22. The highest BCUT2D eigenvalue weighted by Gasteiger charge is 2.21. The van der Waals surface area contributed by atoms with Gasteiger partial charge in [0.15, 0.2) is 5.69 Å². The zero-order valence-corrected chi connectivity index (χ0v) is 13.8. The van der Waals surface area contributed by atoms with Gasteiger partial charge in [-0.15, -0.1) is 0 Å². The first-order valence-corrected chi connectivity index (χ1v) is 7.27. The molecule has 1 heterocycles. The van der Waals surface area contributed by atoms with E-state index in [4.69, 9.17) is 21.4 Å². The van der Waals surface area contributed by atoms with Crippen LogP contribution >= 0.6 is 11.6 Å². The number of rotatable bonds is 4. The quantitative estimate of drug-likeness (QED) is 0.893. The van der Waals surface area contributed by atoms with Crippen LogP contribution in [-0.4, -0.2) is 21.3 Å². The van der Waals surface area contributed by atoms with Crippen molar-refractivity contribution in [1.82, 2.24) is 10.2 Å². The molecule has 0 saturated carbocycles. The molecule has 0 radical (unpaired) electrons. The number of nitrogens with zero attached hydrogens (tertiary/aromatic N) is 1. The van der Waals surface area contributed by atoms with E-state index >= 15 is 0 Å². The maximum absolute atomic E-state index is 10.8. The minimum absolute atomic E-state index is 0.0260. The third kappa shape index (κ3) is 3.60. The monoisotopic (exact) mass is 322 g/mol. The Balaban J connectivity index is 2.24. The second-order valence-corrected chi connectivity index (χ2v) is 6.63. The average Bonchev–Trinajstić information content (AvgIpc) is 2.87. The van der Waals surface area contributed by atoms with Crippen molar-refractivity contribution in [3.8, 4) is 5.75 Å². The van der Waals surface area contributed by atoms with Gasteiger partial charge in [0.05, 0.1) is 5.69 Å². The Morgan fingerprint density at radius 3 is 2.59 bits per heavy atom. The van der Waals surface area contributed by atoms with E-state index in [0.717, 1.165) is 16.9 Å². The van der Waals surface area contributed by atoms with Crippen LogP contribution in [0.5, 0.6) is 5.75 Å². The first kappa shape index (κ1) is 16.4. The molecule has 0 spiro atoms. The molecule has 2 N–H and O–H groups in total. The first-order valence-electron chi connectivity index (χ1n) is 6.89. The number of aromatic nitrogens is 2. The van der Waals surface area contributed by atoms with Gasteiger partial charge in [0, 0.05) is 10.6 Å². The van der Waals surface area contributed by atoms with Crippen molar-refractivity contribution in [2.45, 2.75) is 39.7 Å². The zero-order valence-electron chi connectivity index (χ0n) is 13.0. The molecule has 0 amide bonds. The van der Waals surface area contributed by atoms with E-state index in [1.807, 2.05) is 19.1 Å². The molecule has 2 rings (SSSR count). The second kappa shape index (κ2) is 6.01. The number of ether oxygens (including phenoxy) is 1. The zero-order chi connectivity index (χ0) is 16.5. The summed E-state index contributed by atoms with van der Waals surface area (Å²) in [5.41, 5.74) is 2.39. The predicted molar refractivity (Wildman–Crippen MR) is 84.8 cm³/mol. The Morgan fingerprint density at radius 1 is 1.36 bits per heavy atom. The number of hydrogen-bond acceptors (Lipinski definition) is 3. The number of carboxylic acid groups (broad SMARTS) is 1. The number of hydrogen-bond donors (Lipinski definition) is 2. The summed E-state index contributed by atoms with van der Waals surface area (Å²) in [6.07, 6.45) is 0. The van der Waals surface area contributed by atoms with Crippen LogP contribution in [0, 0.1) is 6.92 Å². The Hall–Kier alpha value is -2.01. The maximum Gasteiger partial charge on any atom is 0.356 e. The summed E-state index contributed by atoms with van der Waals surface area (Å²) in [6.45, 7) is 8.38. The number of aryl methyl sites for hydroxylation is 1. The van der Waals surface area contributed by atoms with Crippen LogP contribution in [0.1, 0.15) is 48.1 Å². The molecule has 6 heteroatoms. The molecule has 0 saturated heterocycles. The van der Waals surface area contributed by atoms with Crippen LogP contribution in [0.4, 0.5) is 0 Å². The molecule has 0 aliphatic carbocycles. The van der Waals surface area contributed by atoms with Crippen molar-refractivity contribution in [3.05, 3.63) is 45.7 Å². The van der Waals surface area contributed by atoms with Gasteiger partial charge in [-0.05, 0) is 36.1 Å². The Kier molecular flexibility index (Phi) is 4.47. The predicted octanol–water partition coefficient (Wildman–Crippen LogP) is 3.95. The number of aromatic carboxylic acids is 1. The molecule has 0 aliphatic heterocycles. The first-order chi connectivity index (χ1) is 10.2. The summed E-state index contributed by atoms with van der Waals surface area (Å²) in [7, 11) is 0. The number of carboxylic acids is 1. The van der Waals surface area contributed by atoms with E-state index < -0.39 is 5.97 Å². The molecular formula is C16H19ClN2O3. The van der Waals surface area contributed by atoms with E-state index in [2.05, 4.69) is 31.0 Å². The van der Waals surface area contributed by atoms with Crippen molar-refractivity contribution < 1.29 is 14.6 Å². The molecule has 2 aromatic rings. The SMILES string of the molecule is Cc1cc(OCc2cc(C(=O)O)n[nH]2)c(C(C)(C)C)cc1Cl. The van der Waals surface area contributed by atoms with Crippen LogP contribution < -0.4 is 4.74 Å². The number of nitrogens with one attached hydrogen (secondary N) is 1. The third-order valence-electron chi connectivity index (χ3n) is 3.30. The minimum Gasteiger partial charge on any atom is -0.487 e. The topological polar surface area (TPSA) is 75.2 Å². The van der Waals surface area contributed by atoms with Gasteiger partial charge in [-0.25, -0.2) is 4.79 Å². The largest absolute Gasteiger partial charge is 0.487 e. The van der Waals surface area contributed by atoms with Gasteiger partial charge in [0.2, 0.25) is 0 Å². The fourth-order valence-electron chi connectivity index (χ4n) is 2.06. The van der Waals surface area contributed by atoms with Crippen molar-refractivity contribution in [1.29, 1.82) is 0 Å². The number of aromatic amines is 1. The summed E-state index contributed by atoms with van der Waals surface area (Å²) in [6, 6.07) is 5.28. The maximum atomic E-state index is 10.8. The van der Waals surface area contributed by atoms with Crippen LogP contribution in [-0.2, 0) is 12.0 Å². The van der Waals surface area contributed by atoms with E-state index in [0.29, 0.717) is 10.7 Å². The van der Waals surface area contributed by atoms with E-state index in [-0.39, 0.29) is 17.7 Å². The molecule has 0 aliphatic rings. The minimum atomic E-state index is -1.07. The lowest BCUT2D eigenvalue weighted by molar-refractivity contribution is 0.0690. The molecular weight excluding hydrogens is 304 g/mol. The van der Waals surface area contributed by atoms with Gasteiger partial charge >= 0.3 is 5.97 Å². The highest BCUT2D eigenvalue weighted by molar-refractivity contribution is 6.31. The van der Waals surface area contributed by atoms with Crippen LogP contribution in [0.3, 0.4) is 0 Å². The van der Waals surface area contributed by atoms with Gasteiger partial charge in [-0.1, -0.05) is 32.4 Å². The molecule has 0 fully saturated rings. The summed E-state index contributed by atoms with van der Waals surface area (Å²) in [5, 5.41) is 15.9. The Morgan fingerprint density at radius 2 is 2.05 bits per heavy atom. The molecule has 0 unspecified atom stereocenters. The molecule has 5 nitrogen and oxygen atoms in total. The van der Waals surface area contributed by atoms with Gasteiger partial charge in [0.1, 0.15) is 12.4 Å². The lowest BCUT2D eigenvalue weighted by atomic mass is 9.86. The molecule has 22 heavy (non-hydrogen) atoms. The fraction of sp³-hybridized carbons (Fsp3) is 0.375. The Bertz CT molecular complexity index is 702. The Labute approximate surface area is 134 Å². The summed E-state index contributed by atoms with van der Waals surface area (Å²) < 4.78 is 5.86. The van der Waals surface area contributed by atoms with Crippen LogP contribution in [0.2, 0.25) is 5.02 Å². The van der Waals surface area contributed by atoms with Gasteiger partial charge < -0.3 is 9.84 Å². The van der Waals surface area contributed by atoms with Gasteiger partial charge in [0.25, 0.3) is 0 Å². The average molecular weight is 323 g/mol. The molecule has 118 valence electrons. The van der Waals surface area contributed by atoms with Gasteiger partial charge in [-0.2, -0.15) is 5.10 Å².